The second-order valence-corrected chi connectivity index (χ2v) is 3.84. The SMILES string of the molecule is CCC(CCN(CC)CC)N(C)C. The fraction of sp³-hybridized carbons (Fsp3) is 1.00. The molecule has 0 amide bonds. The first kappa shape index (κ1) is 12.9. The predicted octanol–water partition coefficient (Wildman–Crippen LogP) is 2.06. The van der Waals surface area contributed by atoms with Crippen LogP contribution in [0.4, 0.5) is 0 Å². The smallest absolute Gasteiger partial charge is 0.00987 e. The van der Waals surface area contributed by atoms with E-state index in [1.807, 2.05) is 0 Å². The van der Waals surface area contributed by atoms with Crippen molar-refractivity contribution >= 4 is 0 Å². The van der Waals surface area contributed by atoms with Crippen molar-refractivity contribution in [3.8, 4) is 0 Å². The zero-order valence-corrected chi connectivity index (χ0v) is 10.0. The highest BCUT2D eigenvalue weighted by atomic mass is 15.1. The second kappa shape index (κ2) is 7.34. The maximum Gasteiger partial charge on any atom is 0.00987 e. The maximum atomic E-state index is 2.49. The van der Waals surface area contributed by atoms with Crippen molar-refractivity contribution in [2.24, 2.45) is 0 Å². The molecule has 1 unspecified atom stereocenters. The van der Waals surface area contributed by atoms with E-state index in [2.05, 4.69) is 44.7 Å². The van der Waals surface area contributed by atoms with Gasteiger partial charge >= 0.3 is 0 Å². The summed E-state index contributed by atoms with van der Waals surface area (Å²) in [6, 6.07) is 0.751. The molecule has 0 rings (SSSR count). The summed E-state index contributed by atoms with van der Waals surface area (Å²) in [6.45, 7) is 10.3. The van der Waals surface area contributed by atoms with Gasteiger partial charge in [0.15, 0.2) is 0 Å². The van der Waals surface area contributed by atoms with E-state index >= 15 is 0 Å². The van der Waals surface area contributed by atoms with Crippen molar-refractivity contribution < 1.29 is 0 Å². The summed E-state index contributed by atoms with van der Waals surface area (Å²) in [4.78, 5) is 4.83. The molecule has 13 heavy (non-hydrogen) atoms. The minimum atomic E-state index is 0.751. The molecular weight excluding hydrogens is 160 g/mol. The summed E-state index contributed by atoms with van der Waals surface area (Å²) in [6.07, 6.45) is 2.56. The molecule has 0 saturated heterocycles. The molecule has 0 radical (unpaired) electrons. The first-order valence-corrected chi connectivity index (χ1v) is 5.54. The average Bonchev–Trinajstić information content (AvgIpc) is 2.12. The normalized spacial score (nSPS) is 14.1. The minimum Gasteiger partial charge on any atom is -0.306 e. The first-order valence-electron chi connectivity index (χ1n) is 5.54. The van der Waals surface area contributed by atoms with Crippen LogP contribution in [0.2, 0.25) is 0 Å². The molecule has 0 N–H and O–H groups in total. The standard InChI is InChI=1S/C11H26N2/c1-6-11(12(4)5)9-10-13(7-2)8-3/h11H,6-10H2,1-5H3. The van der Waals surface area contributed by atoms with E-state index in [-0.39, 0.29) is 0 Å². The maximum absolute atomic E-state index is 2.49. The molecule has 0 fully saturated rings. The first-order chi connectivity index (χ1) is 6.15. The van der Waals surface area contributed by atoms with Gasteiger partial charge in [-0.1, -0.05) is 20.8 Å². The topological polar surface area (TPSA) is 6.48 Å². The molecule has 0 aromatic heterocycles. The zero-order valence-electron chi connectivity index (χ0n) is 10.0. The average molecular weight is 186 g/mol. The van der Waals surface area contributed by atoms with Crippen LogP contribution in [0.1, 0.15) is 33.6 Å². The van der Waals surface area contributed by atoms with Gasteiger partial charge in [-0.3, -0.25) is 0 Å². The van der Waals surface area contributed by atoms with Crippen molar-refractivity contribution in [3.05, 3.63) is 0 Å². The molecule has 0 aliphatic heterocycles. The highest BCUT2D eigenvalue weighted by Gasteiger charge is 2.09. The van der Waals surface area contributed by atoms with Crippen LogP contribution in [0.25, 0.3) is 0 Å². The van der Waals surface area contributed by atoms with Crippen LogP contribution < -0.4 is 0 Å². The molecule has 0 heterocycles. The molecule has 0 aromatic rings. The van der Waals surface area contributed by atoms with Crippen molar-refractivity contribution in [2.45, 2.75) is 39.7 Å². The van der Waals surface area contributed by atoms with Crippen LogP contribution in [0.3, 0.4) is 0 Å². The van der Waals surface area contributed by atoms with E-state index in [4.69, 9.17) is 0 Å². The largest absolute Gasteiger partial charge is 0.306 e. The van der Waals surface area contributed by atoms with E-state index in [9.17, 15) is 0 Å². The van der Waals surface area contributed by atoms with Gasteiger partial charge in [-0.05, 0) is 46.6 Å². The second-order valence-electron chi connectivity index (χ2n) is 3.84. The van der Waals surface area contributed by atoms with E-state index in [0.29, 0.717) is 0 Å². The molecule has 0 spiro atoms. The summed E-state index contributed by atoms with van der Waals surface area (Å²) in [5.74, 6) is 0. The van der Waals surface area contributed by atoms with E-state index in [0.717, 1.165) is 6.04 Å². The Labute approximate surface area is 83.9 Å². The van der Waals surface area contributed by atoms with Gasteiger partial charge in [0.1, 0.15) is 0 Å². The Kier molecular flexibility index (Phi) is 7.29. The van der Waals surface area contributed by atoms with Crippen LogP contribution in [0, 0.1) is 0 Å². The summed E-state index contributed by atoms with van der Waals surface area (Å²) >= 11 is 0. The quantitative estimate of drug-likeness (QED) is 0.600. The summed E-state index contributed by atoms with van der Waals surface area (Å²) in [5, 5.41) is 0. The lowest BCUT2D eigenvalue weighted by Gasteiger charge is -2.26. The van der Waals surface area contributed by atoms with Crippen LogP contribution in [-0.4, -0.2) is 49.6 Å². The number of nitrogens with zero attached hydrogens (tertiary/aromatic N) is 2. The highest BCUT2D eigenvalue weighted by Crippen LogP contribution is 2.05. The lowest BCUT2D eigenvalue weighted by Crippen LogP contribution is -2.33. The van der Waals surface area contributed by atoms with E-state index < -0.39 is 0 Å². The Hall–Kier alpha value is -0.0800. The molecule has 0 saturated carbocycles. The van der Waals surface area contributed by atoms with Crippen LogP contribution in [0.5, 0.6) is 0 Å². The molecular formula is C11H26N2. The molecule has 0 aromatic carbocycles. The predicted molar refractivity (Wildman–Crippen MR) is 60.2 cm³/mol. The van der Waals surface area contributed by atoms with Crippen molar-refractivity contribution in [3.63, 3.8) is 0 Å². The van der Waals surface area contributed by atoms with Gasteiger partial charge in [-0.25, -0.2) is 0 Å². The molecule has 0 bridgehead atoms. The lowest BCUT2D eigenvalue weighted by atomic mass is 10.1. The number of hydrogen-bond acceptors (Lipinski definition) is 2. The molecule has 80 valence electrons. The third kappa shape index (κ3) is 5.27. The third-order valence-corrected chi connectivity index (χ3v) is 2.87. The molecule has 2 heteroatoms. The Balaban J connectivity index is 3.69. The monoisotopic (exact) mass is 186 g/mol. The Morgan fingerprint density at radius 2 is 1.54 bits per heavy atom. The van der Waals surface area contributed by atoms with Gasteiger partial charge in [0.05, 0.1) is 0 Å². The Morgan fingerprint density at radius 1 is 1.00 bits per heavy atom. The summed E-state index contributed by atoms with van der Waals surface area (Å²) in [5.41, 5.74) is 0. The summed E-state index contributed by atoms with van der Waals surface area (Å²) in [7, 11) is 4.35. The Morgan fingerprint density at radius 3 is 1.85 bits per heavy atom. The van der Waals surface area contributed by atoms with Gasteiger partial charge in [0.25, 0.3) is 0 Å². The Bertz CT molecular complexity index is 109. The minimum absolute atomic E-state index is 0.751. The van der Waals surface area contributed by atoms with Gasteiger partial charge < -0.3 is 9.80 Å². The van der Waals surface area contributed by atoms with Crippen LogP contribution in [0.15, 0.2) is 0 Å². The summed E-state index contributed by atoms with van der Waals surface area (Å²) < 4.78 is 0. The fourth-order valence-corrected chi connectivity index (χ4v) is 1.70. The number of hydrogen-bond donors (Lipinski definition) is 0. The molecule has 2 nitrogen and oxygen atoms in total. The van der Waals surface area contributed by atoms with Crippen LogP contribution in [-0.2, 0) is 0 Å². The van der Waals surface area contributed by atoms with Crippen molar-refractivity contribution in [2.75, 3.05) is 33.7 Å². The number of rotatable bonds is 7. The van der Waals surface area contributed by atoms with Crippen molar-refractivity contribution in [1.29, 1.82) is 0 Å². The van der Waals surface area contributed by atoms with E-state index in [1.54, 1.807) is 0 Å². The lowest BCUT2D eigenvalue weighted by molar-refractivity contribution is 0.221. The third-order valence-electron chi connectivity index (χ3n) is 2.87. The fourth-order valence-electron chi connectivity index (χ4n) is 1.70. The molecule has 0 aliphatic carbocycles. The van der Waals surface area contributed by atoms with Crippen molar-refractivity contribution in [1.82, 2.24) is 9.80 Å². The van der Waals surface area contributed by atoms with Gasteiger partial charge in [-0.2, -0.15) is 0 Å². The van der Waals surface area contributed by atoms with Gasteiger partial charge in [0, 0.05) is 6.04 Å². The van der Waals surface area contributed by atoms with E-state index in [1.165, 1.54) is 32.5 Å². The zero-order chi connectivity index (χ0) is 10.3. The molecule has 0 aliphatic rings. The van der Waals surface area contributed by atoms with Gasteiger partial charge in [0.2, 0.25) is 0 Å². The molecule has 1 atom stereocenters. The highest BCUT2D eigenvalue weighted by molar-refractivity contribution is 4.66. The van der Waals surface area contributed by atoms with Gasteiger partial charge in [-0.15, -0.1) is 0 Å². The van der Waals surface area contributed by atoms with Crippen LogP contribution >= 0.6 is 0 Å².